The van der Waals surface area contributed by atoms with E-state index in [4.69, 9.17) is 11.6 Å². The summed E-state index contributed by atoms with van der Waals surface area (Å²) in [5.74, 6) is -0.0622. The van der Waals surface area contributed by atoms with Crippen LogP contribution < -0.4 is 0 Å². The van der Waals surface area contributed by atoms with Gasteiger partial charge in [0.15, 0.2) is 5.82 Å². The van der Waals surface area contributed by atoms with Crippen LogP contribution in [-0.2, 0) is 0 Å². The fraction of sp³-hybridized carbons (Fsp3) is 0.235. The number of β-amino-alcohol motifs (C(OH)–C–C–N with tert-alkyl or cyclic N) is 1. The summed E-state index contributed by atoms with van der Waals surface area (Å²) in [6.07, 6.45) is 0.836. The Labute approximate surface area is 143 Å². The molecule has 3 aromatic rings. The first-order valence-corrected chi connectivity index (χ1v) is 8.02. The first-order chi connectivity index (χ1) is 11.6. The van der Waals surface area contributed by atoms with Crippen LogP contribution >= 0.6 is 11.6 Å². The van der Waals surface area contributed by atoms with Crippen LogP contribution in [0.3, 0.4) is 0 Å². The quantitative estimate of drug-likeness (QED) is 0.712. The summed E-state index contributed by atoms with van der Waals surface area (Å²) in [6, 6.07) is 8.83. The molecule has 3 heterocycles. The number of pyridine rings is 1. The van der Waals surface area contributed by atoms with Crippen LogP contribution in [0, 0.1) is 0 Å². The molecule has 122 valence electrons. The van der Waals surface area contributed by atoms with Crippen LogP contribution in [0.4, 0.5) is 0 Å². The van der Waals surface area contributed by atoms with Gasteiger partial charge in [0, 0.05) is 6.20 Å². The predicted molar refractivity (Wildman–Crippen MR) is 89.8 cm³/mol. The topological polar surface area (TPSA) is 82.1 Å². The molecule has 1 aromatic carbocycles. The van der Waals surface area contributed by atoms with Gasteiger partial charge in [0.2, 0.25) is 0 Å². The van der Waals surface area contributed by atoms with Gasteiger partial charge in [-0.2, -0.15) is 0 Å². The maximum absolute atomic E-state index is 12.9. The smallest absolute Gasteiger partial charge is 0.290 e. The molecule has 0 saturated heterocycles. The number of carbonyl (C=O) groups excluding carboxylic acids is 1. The van der Waals surface area contributed by atoms with Gasteiger partial charge in [-0.15, -0.1) is 0 Å². The van der Waals surface area contributed by atoms with Crippen molar-refractivity contribution in [2.75, 3.05) is 6.54 Å². The average molecular weight is 343 g/mol. The monoisotopic (exact) mass is 342 g/mol. The summed E-state index contributed by atoms with van der Waals surface area (Å²) >= 11 is 6.12. The van der Waals surface area contributed by atoms with E-state index in [0.717, 1.165) is 5.56 Å². The molecule has 0 saturated carbocycles. The molecular weight excluding hydrogens is 328 g/mol. The zero-order chi connectivity index (χ0) is 16.8. The number of rotatable bonds is 1. The number of carbonyl (C=O) groups is 1. The Hall–Kier alpha value is -2.44. The number of nitrogens with zero attached hydrogens (tertiary/aromatic N) is 3. The lowest BCUT2D eigenvalue weighted by atomic mass is 9.96. The largest absolute Gasteiger partial charge is 0.385 e. The maximum Gasteiger partial charge on any atom is 0.290 e. The van der Waals surface area contributed by atoms with E-state index in [1.54, 1.807) is 29.3 Å². The highest BCUT2D eigenvalue weighted by molar-refractivity contribution is 6.35. The first kappa shape index (κ1) is 15.1. The van der Waals surface area contributed by atoms with Crippen molar-refractivity contribution in [2.45, 2.75) is 19.1 Å². The molecule has 0 bridgehead atoms. The van der Waals surface area contributed by atoms with Crippen LogP contribution in [0.15, 0.2) is 36.5 Å². The molecule has 2 aromatic heterocycles. The van der Waals surface area contributed by atoms with Crippen LogP contribution in [0.2, 0.25) is 5.02 Å². The molecule has 0 aliphatic carbocycles. The molecule has 7 heteroatoms. The number of para-hydroxylation sites is 1. The van der Waals surface area contributed by atoms with Crippen LogP contribution in [-0.4, -0.2) is 37.4 Å². The maximum atomic E-state index is 12.9. The van der Waals surface area contributed by atoms with E-state index in [-0.39, 0.29) is 24.3 Å². The summed E-state index contributed by atoms with van der Waals surface area (Å²) in [7, 11) is 0. The summed E-state index contributed by atoms with van der Waals surface area (Å²) < 4.78 is 0. The summed E-state index contributed by atoms with van der Waals surface area (Å²) in [4.78, 5) is 26.1. The highest BCUT2D eigenvalue weighted by atomic mass is 35.5. The van der Waals surface area contributed by atoms with Crippen molar-refractivity contribution in [1.29, 1.82) is 0 Å². The van der Waals surface area contributed by atoms with Crippen LogP contribution in [0.1, 0.15) is 40.9 Å². The molecule has 24 heavy (non-hydrogen) atoms. The molecule has 2 atom stereocenters. The van der Waals surface area contributed by atoms with Crippen molar-refractivity contribution < 1.29 is 9.90 Å². The van der Waals surface area contributed by atoms with Gasteiger partial charge in [-0.05, 0) is 30.7 Å². The highest BCUT2D eigenvalue weighted by Crippen LogP contribution is 2.34. The fourth-order valence-electron chi connectivity index (χ4n) is 3.15. The summed E-state index contributed by atoms with van der Waals surface area (Å²) in [5, 5.41) is 10.8. The number of aromatic amines is 1. The van der Waals surface area contributed by atoms with Gasteiger partial charge in [0.05, 0.1) is 28.8 Å². The van der Waals surface area contributed by atoms with Crippen LogP contribution in [0.5, 0.6) is 0 Å². The second kappa shape index (κ2) is 5.58. The number of H-pyrrole nitrogens is 1. The normalized spacial score (nSPS) is 20.2. The van der Waals surface area contributed by atoms with Gasteiger partial charge in [0.25, 0.3) is 5.91 Å². The summed E-state index contributed by atoms with van der Waals surface area (Å²) in [6.45, 7) is 2.09. The molecule has 0 radical (unpaired) electrons. The van der Waals surface area contributed by atoms with Crippen molar-refractivity contribution in [3.05, 3.63) is 58.6 Å². The highest BCUT2D eigenvalue weighted by Gasteiger charge is 2.34. The Morgan fingerprint density at radius 2 is 2.21 bits per heavy atom. The zero-order valence-electron chi connectivity index (χ0n) is 12.9. The number of hydrogen-bond acceptors (Lipinski definition) is 4. The molecule has 1 amide bonds. The van der Waals surface area contributed by atoms with E-state index < -0.39 is 6.10 Å². The van der Waals surface area contributed by atoms with E-state index in [9.17, 15) is 9.90 Å². The first-order valence-electron chi connectivity index (χ1n) is 7.64. The third-order valence-corrected chi connectivity index (χ3v) is 4.71. The SMILES string of the molecule is C[C@@H]1c2cccnc2[C@H](O)CN1C(=O)c1nc2c(Cl)cccc2[nH]1. The standard InChI is InChI=1S/C17H15ClN4O2/c1-9-10-4-3-7-19-14(10)13(23)8-22(9)17(24)16-20-12-6-2-5-11(18)15(12)21-16/h2-7,9,13,23H,8H2,1H3,(H,20,21)/t9-,13-/m1/s1. The molecule has 0 unspecified atom stereocenters. The molecule has 2 N–H and O–H groups in total. The number of amides is 1. The number of aromatic nitrogens is 3. The minimum Gasteiger partial charge on any atom is -0.385 e. The minimum absolute atomic E-state index is 0.175. The lowest BCUT2D eigenvalue weighted by molar-refractivity contribution is 0.0432. The Morgan fingerprint density at radius 3 is 3.00 bits per heavy atom. The van der Waals surface area contributed by atoms with Gasteiger partial charge < -0.3 is 15.0 Å². The molecule has 0 fully saturated rings. The van der Waals surface area contributed by atoms with Gasteiger partial charge >= 0.3 is 0 Å². The average Bonchev–Trinajstić information content (AvgIpc) is 3.03. The van der Waals surface area contributed by atoms with Crippen molar-refractivity contribution >= 4 is 28.5 Å². The second-order valence-corrected chi connectivity index (χ2v) is 6.26. The molecule has 6 nitrogen and oxygen atoms in total. The number of hydrogen-bond donors (Lipinski definition) is 2. The molecule has 1 aliphatic rings. The van der Waals surface area contributed by atoms with Crippen molar-refractivity contribution in [3.8, 4) is 0 Å². The Balaban J connectivity index is 1.73. The van der Waals surface area contributed by atoms with E-state index in [0.29, 0.717) is 21.7 Å². The summed E-state index contributed by atoms with van der Waals surface area (Å²) in [5.41, 5.74) is 2.74. The van der Waals surface area contributed by atoms with Gasteiger partial charge in [0.1, 0.15) is 11.6 Å². The lowest BCUT2D eigenvalue weighted by Crippen LogP contribution is -2.41. The second-order valence-electron chi connectivity index (χ2n) is 5.85. The predicted octanol–water partition coefficient (Wildman–Crippen LogP) is 2.86. The number of benzene rings is 1. The minimum atomic E-state index is -0.811. The zero-order valence-corrected chi connectivity index (χ0v) is 13.7. The Kier molecular flexibility index (Phi) is 3.51. The van der Waals surface area contributed by atoms with Gasteiger partial charge in [-0.1, -0.05) is 23.7 Å². The van der Waals surface area contributed by atoms with Gasteiger partial charge in [-0.3, -0.25) is 9.78 Å². The van der Waals surface area contributed by atoms with Gasteiger partial charge in [-0.25, -0.2) is 4.98 Å². The van der Waals surface area contributed by atoms with E-state index in [1.807, 2.05) is 19.1 Å². The number of imidazole rings is 1. The van der Waals surface area contributed by atoms with Crippen molar-refractivity contribution in [2.24, 2.45) is 0 Å². The third kappa shape index (κ3) is 2.26. The van der Waals surface area contributed by atoms with Crippen LogP contribution in [0.25, 0.3) is 11.0 Å². The van der Waals surface area contributed by atoms with Crippen molar-refractivity contribution in [1.82, 2.24) is 19.9 Å². The Morgan fingerprint density at radius 1 is 1.38 bits per heavy atom. The third-order valence-electron chi connectivity index (χ3n) is 4.40. The Bertz CT molecular complexity index is 939. The number of nitrogens with one attached hydrogen (secondary N) is 1. The van der Waals surface area contributed by atoms with E-state index in [1.165, 1.54) is 0 Å². The van der Waals surface area contributed by atoms with Crippen molar-refractivity contribution in [3.63, 3.8) is 0 Å². The number of aliphatic hydroxyl groups is 1. The molecule has 0 spiro atoms. The number of halogens is 1. The number of fused-ring (bicyclic) bond motifs is 2. The fourth-order valence-corrected chi connectivity index (χ4v) is 3.37. The molecular formula is C17H15ClN4O2. The van der Waals surface area contributed by atoms with E-state index >= 15 is 0 Å². The number of aliphatic hydroxyl groups excluding tert-OH is 1. The molecule has 1 aliphatic heterocycles. The molecule has 4 rings (SSSR count). The van der Waals surface area contributed by atoms with E-state index in [2.05, 4.69) is 15.0 Å². The lowest BCUT2D eigenvalue weighted by Gasteiger charge is -2.36.